The zero-order valence-electron chi connectivity index (χ0n) is 13.9. The van der Waals surface area contributed by atoms with Gasteiger partial charge in [0.2, 0.25) is 0 Å². The van der Waals surface area contributed by atoms with Gasteiger partial charge in [-0.05, 0) is 73.2 Å². The van der Waals surface area contributed by atoms with E-state index in [-0.39, 0.29) is 5.41 Å². The van der Waals surface area contributed by atoms with Crippen molar-refractivity contribution in [2.24, 2.45) is 23.2 Å². The van der Waals surface area contributed by atoms with Gasteiger partial charge in [0, 0.05) is 11.8 Å². The highest BCUT2D eigenvalue weighted by Crippen LogP contribution is 2.61. The Morgan fingerprint density at radius 1 is 1.27 bits per heavy atom. The lowest BCUT2D eigenvalue weighted by molar-refractivity contribution is -0.114. The van der Waals surface area contributed by atoms with Crippen molar-refractivity contribution >= 4 is 5.78 Å². The second-order valence-corrected chi connectivity index (χ2v) is 8.31. The average Bonchev–Trinajstić information content (AvgIpc) is 2.69. The van der Waals surface area contributed by atoms with Crippen LogP contribution in [0.5, 0.6) is 0 Å². The molecule has 5 atom stereocenters. The van der Waals surface area contributed by atoms with Crippen molar-refractivity contribution in [3.63, 3.8) is 0 Å². The van der Waals surface area contributed by atoms with Crippen molar-refractivity contribution in [2.75, 3.05) is 0 Å². The minimum Gasteiger partial charge on any atom is -0.389 e. The van der Waals surface area contributed by atoms with E-state index in [2.05, 4.69) is 26.0 Å². The van der Waals surface area contributed by atoms with E-state index in [0.29, 0.717) is 30.0 Å². The summed E-state index contributed by atoms with van der Waals surface area (Å²) in [6.07, 6.45) is 11.1. The van der Waals surface area contributed by atoms with Crippen molar-refractivity contribution in [3.8, 4) is 0 Å². The van der Waals surface area contributed by atoms with Gasteiger partial charge in [-0.25, -0.2) is 0 Å². The minimum atomic E-state index is -0.595. The lowest BCUT2D eigenvalue weighted by Gasteiger charge is -2.49. The summed E-state index contributed by atoms with van der Waals surface area (Å²) in [7, 11) is 0. The fourth-order valence-corrected chi connectivity index (χ4v) is 5.60. The number of hydrogen-bond donors (Lipinski definition) is 1. The molecule has 0 heterocycles. The summed E-state index contributed by atoms with van der Waals surface area (Å²) in [6, 6.07) is 0. The molecule has 118 valence electrons. The van der Waals surface area contributed by atoms with Crippen LogP contribution >= 0.6 is 0 Å². The molecule has 1 N–H and O–H groups in total. The highest BCUT2D eigenvalue weighted by molar-refractivity contribution is 5.93. The van der Waals surface area contributed by atoms with Crippen LogP contribution in [0.15, 0.2) is 34.9 Å². The van der Waals surface area contributed by atoms with Crippen LogP contribution in [0.4, 0.5) is 0 Å². The molecule has 0 saturated heterocycles. The van der Waals surface area contributed by atoms with Crippen molar-refractivity contribution in [1.82, 2.24) is 0 Å². The Morgan fingerprint density at radius 3 is 2.82 bits per heavy atom. The topological polar surface area (TPSA) is 37.3 Å². The average molecular weight is 298 g/mol. The number of fused-ring (bicyclic) bond motifs is 4. The van der Waals surface area contributed by atoms with Gasteiger partial charge in [-0.1, -0.05) is 26.0 Å². The lowest BCUT2D eigenvalue weighted by Crippen LogP contribution is -2.47. The number of hydrogen-bond acceptors (Lipinski definition) is 2. The van der Waals surface area contributed by atoms with Gasteiger partial charge in [-0.15, -0.1) is 0 Å². The lowest BCUT2D eigenvalue weighted by atomic mass is 9.56. The zero-order chi connectivity index (χ0) is 15.7. The van der Waals surface area contributed by atoms with Gasteiger partial charge in [-0.3, -0.25) is 4.79 Å². The summed E-state index contributed by atoms with van der Waals surface area (Å²) in [6.45, 7) is 6.58. The summed E-state index contributed by atoms with van der Waals surface area (Å²) in [5.74, 6) is 1.92. The van der Waals surface area contributed by atoms with E-state index in [4.69, 9.17) is 0 Å². The van der Waals surface area contributed by atoms with Crippen LogP contribution in [0, 0.1) is 23.2 Å². The first kappa shape index (κ1) is 14.4. The Kier molecular flexibility index (Phi) is 2.92. The molecule has 0 amide bonds. The van der Waals surface area contributed by atoms with Crippen molar-refractivity contribution in [2.45, 2.75) is 58.5 Å². The van der Waals surface area contributed by atoms with Crippen molar-refractivity contribution in [3.05, 3.63) is 34.9 Å². The molecule has 22 heavy (non-hydrogen) atoms. The Bertz CT molecular complexity index is 634. The van der Waals surface area contributed by atoms with E-state index in [1.807, 2.05) is 13.0 Å². The fourth-order valence-electron chi connectivity index (χ4n) is 5.60. The minimum absolute atomic E-state index is 0.109. The van der Waals surface area contributed by atoms with Crippen molar-refractivity contribution in [1.29, 1.82) is 0 Å². The number of allylic oxidation sites excluding steroid dienone is 5. The Hall–Kier alpha value is -1.15. The fraction of sp³-hybridized carbons (Fsp3) is 0.650. The highest BCUT2D eigenvalue weighted by atomic mass is 16.3. The predicted molar refractivity (Wildman–Crippen MR) is 87.2 cm³/mol. The molecular formula is C20H26O2. The quantitative estimate of drug-likeness (QED) is 0.735. The van der Waals surface area contributed by atoms with Crippen LogP contribution < -0.4 is 0 Å². The number of ketones is 1. The molecule has 0 aromatic rings. The van der Waals surface area contributed by atoms with Crippen LogP contribution in [-0.2, 0) is 4.79 Å². The standard InChI is InChI=1S/C20H26O2/c1-12-10-13-11-14(21)4-5-15(13)16-6-8-19(2)17(18(12)16)7-9-20(19,3)22/h6,8,11-12,17-18,22H,4-5,7,9-10H2,1-3H3/t12-,17?,18?,19?,20+/m1/s1. The van der Waals surface area contributed by atoms with Crippen LogP contribution in [-0.4, -0.2) is 16.5 Å². The molecule has 3 unspecified atom stereocenters. The zero-order valence-corrected chi connectivity index (χ0v) is 13.9. The number of carbonyl (C=O) groups excluding carboxylic acids is 1. The Morgan fingerprint density at radius 2 is 2.05 bits per heavy atom. The van der Waals surface area contributed by atoms with Crippen LogP contribution in [0.2, 0.25) is 0 Å². The van der Waals surface area contributed by atoms with Gasteiger partial charge in [0.15, 0.2) is 5.78 Å². The van der Waals surface area contributed by atoms with E-state index in [9.17, 15) is 9.90 Å². The third kappa shape index (κ3) is 1.73. The first-order chi connectivity index (χ1) is 10.3. The smallest absolute Gasteiger partial charge is 0.156 e. The van der Waals surface area contributed by atoms with E-state index in [0.717, 1.165) is 25.7 Å². The SMILES string of the molecule is C[C@@H]1CC2=CC(=O)CCC2=C2C=CC3(C)C(CC[C@]3(C)O)C21. The maximum atomic E-state index is 11.8. The van der Waals surface area contributed by atoms with Crippen LogP contribution in [0.3, 0.4) is 0 Å². The molecular weight excluding hydrogens is 272 g/mol. The van der Waals surface area contributed by atoms with E-state index < -0.39 is 5.60 Å². The molecule has 1 saturated carbocycles. The maximum Gasteiger partial charge on any atom is 0.156 e. The monoisotopic (exact) mass is 298 g/mol. The van der Waals surface area contributed by atoms with Gasteiger partial charge in [0.05, 0.1) is 5.60 Å². The molecule has 0 bridgehead atoms. The molecule has 2 heteroatoms. The molecule has 4 rings (SSSR count). The molecule has 2 nitrogen and oxygen atoms in total. The van der Waals surface area contributed by atoms with Gasteiger partial charge < -0.3 is 5.11 Å². The molecule has 4 aliphatic carbocycles. The third-order valence-corrected chi connectivity index (χ3v) is 7.12. The summed E-state index contributed by atoms with van der Waals surface area (Å²) in [5, 5.41) is 10.9. The Balaban J connectivity index is 1.87. The predicted octanol–water partition coefficient (Wildman–Crippen LogP) is 3.97. The van der Waals surface area contributed by atoms with Crippen LogP contribution in [0.1, 0.15) is 52.9 Å². The highest BCUT2D eigenvalue weighted by Gasteiger charge is 2.58. The first-order valence-corrected chi connectivity index (χ1v) is 8.72. The molecule has 0 radical (unpaired) electrons. The van der Waals surface area contributed by atoms with Crippen molar-refractivity contribution < 1.29 is 9.90 Å². The summed E-state index contributed by atoms with van der Waals surface area (Å²) < 4.78 is 0. The molecule has 0 spiro atoms. The van der Waals surface area contributed by atoms with Gasteiger partial charge in [-0.2, -0.15) is 0 Å². The maximum absolute atomic E-state index is 11.8. The second-order valence-electron chi connectivity index (χ2n) is 8.31. The molecule has 0 aromatic carbocycles. The normalized spacial score (nSPS) is 47.0. The number of carbonyl (C=O) groups is 1. The van der Waals surface area contributed by atoms with Gasteiger partial charge in [0.25, 0.3) is 0 Å². The van der Waals surface area contributed by atoms with E-state index in [1.165, 1.54) is 16.7 Å². The molecule has 0 aromatic heterocycles. The van der Waals surface area contributed by atoms with E-state index >= 15 is 0 Å². The van der Waals surface area contributed by atoms with Gasteiger partial charge >= 0.3 is 0 Å². The largest absolute Gasteiger partial charge is 0.389 e. The summed E-state index contributed by atoms with van der Waals surface area (Å²) >= 11 is 0. The number of rotatable bonds is 0. The molecule has 1 fully saturated rings. The Labute approximate surface area is 133 Å². The molecule has 0 aliphatic heterocycles. The van der Waals surface area contributed by atoms with Gasteiger partial charge in [0.1, 0.15) is 0 Å². The van der Waals surface area contributed by atoms with E-state index in [1.54, 1.807) is 0 Å². The number of aliphatic hydroxyl groups is 1. The summed E-state index contributed by atoms with van der Waals surface area (Å²) in [4.78, 5) is 11.8. The van der Waals surface area contributed by atoms with Crippen LogP contribution in [0.25, 0.3) is 0 Å². The third-order valence-electron chi connectivity index (χ3n) is 7.12. The molecule has 4 aliphatic rings. The summed E-state index contributed by atoms with van der Waals surface area (Å²) in [5.41, 5.74) is 3.49. The second kappa shape index (κ2) is 4.44. The first-order valence-electron chi connectivity index (χ1n) is 8.72.